The number of nitrogens with zero attached hydrogens (tertiary/aromatic N) is 6. The van der Waals surface area contributed by atoms with Crippen LogP contribution in [-0.4, -0.2) is 42.4 Å². The minimum atomic E-state index is 0.378. The molecule has 1 atom stereocenters. The molecule has 5 rings (SSSR count). The van der Waals surface area contributed by atoms with Gasteiger partial charge in [-0.1, -0.05) is 0 Å². The van der Waals surface area contributed by atoms with Crippen LogP contribution >= 0.6 is 0 Å². The zero-order valence-electron chi connectivity index (χ0n) is 13.6. The molecule has 0 aliphatic carbocycles. The highest BCUT2D eigenvalue weighted by Gasteiger charge is 2.25. The van der Waals surface area contributed by atoms with Crippen molar-refractivity contribution < 1.29 is 0 Å². The normalized spacial score (nSPS) is 18.2. The van der Waals surface area contributed by atoms with Crippen LogP contribution in [0.25, 0.3) is 16.8 Å². The second kappa shape index (κ2) is 5.44. The summed E-state index contributed by atoms with van der Waals surface area (Å²) in [5, 5.41) is 0. The largest absolute Gasteiger partial charge is 0.382 e. The van der Waals surface area contributed by atoms with Crippen LogP contribution in [0.5, 0.6) is 0 Å². The van der Waals surface area contributed by atoms with E-state index >= 15 is 0 Å². The van der Waals surface area contributed by atoms with Gasteiger partial charge in [0.2, 0.25) is 0 Å². The molecule has 0 unspecified atom stereocenters. The number of anilines is 2. The summed E-state index contributed by atoms with van der Waals surface area (Å²) < 4.78 is 2.21. The molecular formula is C17H18N8. The van der Waals surface area contributed by atoms with Crippen LogP contribution in [0.3, 0.4) is 0 Å². The highest BCUT2D eigenvalue weighted by atomic mass is 15.2. The molecule has 1 aliphatic rings. The average molecular weight is 334 g/mol. The van der Waals surface area contributed by atoms with E-state index in [1.807, 2.05) is 24.7 Å². The molecule has 0 radical (unpaired) electrons. The Labute approximate surface area is 143 Å². The average Bonchev–Trinajstić information content (AvgIpc) is 3.28. The zero-order chi connectivity index (χ0) is 16.8. The van der Waals surface area contributed by atoms with Gasteiger partial charge >= 0.3 is 0 Å². The number of hydrogen-bond donors (Lipinski definition) is 2. The number of nitrogen functional groups attached to an aromatic ring is 1. The summed E-state index contributed by atoms with van der Waals surface area (Å²) in [6, 6.07) is 2.05. The van der Waals surface area contributed by atoms with E-state index in [0.717, 1.165) is 48.6 Å². The van der Waals surface area contributed by atoms with Crippen molar-refractivity contribution in [1.29, 1.82) is 0 Å². The van der Waals surface area contributed by atoms with Gasteiger partial charge in [0.15, 0.2) is 11.3 Å². The van der Waals surface area contributed by atoms with Crippen LogP contribution in [0.2, 0.25) is 0 Å². The summed E-state index contributed by atoms with van der Waals surface area (Å²) in [5.41, 5.74) is 9.69. The first kappa shape index (κ1) is 14.2. The SMILES string of the molecule is Nc1cnc(N2CCC[C@@H](c3cnc4cnc5[nH]ccc5n34)C2)cn1. The van der Waals surface area contributed by atoms with Gasteiger partial charge < -0.3 is 15.6 Å². The topological polar surface area (TPSA) is 101 Å². The van der Waals surface area contributed by atoms with Crippen molar-refractivity contribution in [3.63, 3.8) is 0 Å². The van der Waals surface area contributed by atoms with Gasteiger partial charge in [-0.15, -0.1) is 0 Å². The molecule has 4 aromatic rings. The Morgan fingerprint density at radius 3 is 2.92 bits per heavy atom. The minimum absolute atomic E-state index is 0.378. The lowest BCUT2D eigenvalue weighted by molar-refractivity contribution is 0.497. The molecule has 1 saturated heterocycles. The van der Waals surface area contributed by atoms with Crippen molar-refractivity contribution in [3.05, 3.63) is 42.7 Å². The fourth-order valence-corrected chi connectivity index (χ4v) is 3.70. The van der Waals surface area contributed by atoms with Crippen LogP contribution in [-0.2, 0) is 0 Å². The van der Waals surface area contributed by atoms with E-state index in [2.05, 4.69) is 34.2 Å². The number of nitrogens with one attached hydrogen (secondary N) is 1. The maximum Gasteiger partial charge on any atom is 0.156 e. The monoisotopic (exact) mass is 334 g/mol. The first-order valence-electron chi connectivity index (χ1n) is 8.41. The van der Waals surface area contributed by atoms with Crippen molar-refractivity contribution in [1.82, 2.24) is 29.3 Å². The molecule has 126 valence electrons. The number of piperidine rings is 1. The van der Waals surface area contributed by atoms with E-state index < -0.39 is 0 Å². The van der Waals surface area contributed by atoms with Crippen molar-refractivity contribution in [2.24, 2.45) is 0 Å². The van der Waals surface area contributed by atoms with Crippen LogP contribution in [0.1, 0.15) is 24.5 Å². The molecule has 0 saturated carbocycles. The fourth-order valence-electron chi connectivity index (χ4n) is 3.70. The van der Waals surface area contributed by atoms with Crippen LogP contribution in [0.15, 0.2) is 37.1 Å². The van der Waals surface area contributed by atoms with Gasteiger partial charge in [0.05, 0.1) is 24.1 Å². The molecule has 5 heterocycles. The predicted molar refractivity (Wildman–Crippen MR) is 95.5 cm³/mol. The number of aromatic amines is 1. The number of H-pyrrole nitrogens is 1. The molecule has 0 bridgehead atoms. The molecule has 8 heteroatoms. The lowest BCUT2D eigenvalue weighted by Gasteiger charge is -2.33. The summed E-state index contributed by atoms with van der Waals surface area (Å²) >= 11 is 0. The highest BCUT2D eigenvalue weighted by molar-refractivity contribution is 5.74. The van der Waals surface area contributed by atoms with Gasteiger partial charge in [-0.25, -0.2) is 19.9 Å². The molecule has 1 aliphatic heterocycles. The third-order valence-corrected chi connectivity index (χ3v) is 4.89. The second-order valence-corrected chi connectivity index (χ2v) is 6.43. The highest BCUT2D eigenvalue weighted by Crippen LogP contribution is 2.30. The Hall–Kier alpha value is -3.16. The Morgan fingerprint density at radius 2 is 2.04 bits per heavy atom. The van der Waals surface area contributed by atoms with E-state index in [4.69, 9.17) is 5.73 Å². The molecule has 4 aromatic heterocycles. The zero-order valence-corrected chi connectivity index (χ0v) is 13.6. The molecule has 1 fully saturated rings. The van der Waals surface area contributed by atoms with Crippen molar-refractivity contribution in [2.75, 3.05) is 23.7 Å². The predicted octanol–water partition coefficient (Wildman–Crippen LogP) is 1.97. The molecule has 0 amide bonds. The molecule has 25 heavy (non-hydrogen) atoms. The van der Waals surface area contributed by atoms with Gasteiger partial charge in [-0.2, -0.15) is 0 Å². The van der Waals surface area contributed by atoms with Gasteiger partial charge in [-0.05, 0) is 18.9 Å². The van der Waals surface area contributed by atoms with Crippen LogP contribution in [0, 0.1) is 0 Å². The minimum Gasteiger partial charge on any atom is -0.382 e. The van der Waals surface area contributed by atoms with Crippen LogP contribution < -0.4 is 10.6 Å². The Morgan fingerprint density at radius 1 is 1.08 bits per heavy atom. The summed E-state index contributed by atoms with van der Waals surface area (Å²) in [7, 11) is 0. The van der Waals surface area contributed by atoms with E-state index in [0.29, 0.717) is 11.7 Å². The van der Waals surface area contributed by atoms with Crippen LogP contribution in [0.4, 0.5) is 11.6 Å². The number of hydrogen-bond acceptors (Lipinski definition) is 6. The van der Waals surface area contributed by atoms with Crippen molar-refractivity contribution in [2.45, 2.75) is 18.8 Å². The standard InChI is InChI=1S/C17H18N8/c18-14-7-22-15(8-20-14)24-5-1-2-11(10-24)13-6-21-16-9-23-17-12(25(13)16)3-4-19-17/h3-4,6-9,11,19H,1-2,5,10H2,(H2,18,20)/t11-/m1/s1. The first-order valence-corrected chi connectivity index (χ1v) is 8.41. The van der Waals surface area contributed by atoms with E-state index in [9.17, 15) is 0 Å². The number of rotatable bonds is 2. The first-order chi connectivity index (χ1) is 12.3. The number of nitrogens with two attached hydrogens (primary N) is 1. The lowest BCUT2D eigenvalue weighted by Crippen LogP contribution is -2.35. The van der Waals surface area contributed by atoms with E-state index in [-0.39, 0.29) is 0 Å². The summed E-state index contributed by atoms with van der Waals surface area (Å²) in [4.78, 5) is 23.0. The number of fused-ring (bicyclic) bond motifs is 3. The molecular weight excluding hydrogens is 316 g/mol. The quantitative estimate of drug-likeness (QED) is 0.581. The summed E-state index contributed by atoms with van der Waals surface area (Å²) in [6.07, 6.45) is 11.3. The van der Waals surface area contributed by atoms with E-state index in [1.165, 1.54) is 5.69 Å². The molecule has 0 aromatic carbocycles. The van der Waals surface area contributed by atoms with Gasteiger partial charge in [-0.3, -0.25) is 4.40 Å². The van der Waals surface area contributed by atoms with Gasteiger partial charge in [0.25, 0.3) is 0 Å². The Kier molecular flexibility index (Phi) is 3.09. The van der Waals surface area contributed by atoms with E-state index in [1.54, 1.807) is 12.4 Å². The third-order valence-electron chi connectivity index (χ3n) is 4.89. The maximum atomic E-state index is 5.65. The van der Waals surface area contributed by atoms with Crippen molar-refractivity contribution >= 4 is 28.4 Å². The fraction of sp³-hybridized carbons (Fsp3) is 0.294. The number of aromatic nitrogens is 6. The molecule has 0 spiro atoms. The second-order valence-electron chi connectivity index (χ2n) is 6.43. The maximum absolute atomic E-state index is 5.65. The van der Waals surface area contributed by atoms with Gasteiger partial charge in [0.1, 0.15) is 11.6 Å². The smallest absolute Gasteiger partial charge is 0.156 e. The van der Waals surface area contributed by atoms with Crippen molar-refractivity contribution in [3.8, 4) is 0 Å². The summed E-state index contributed by atoms with van der Waals surface area (Å²) in [5.74, 6) is 1.70. The number of imidazole rings is 1. The molecule has 8 nitrogen and oxygen atoms in total. The third kappa shape index (κ3) is 2.29. The molecule has 3 N–H and O–H groups in total. The lowest BCUT2D eigenvalue weighted by atomic mass is 9.95. The van der Waals surface area contributed by atoms with Gasteiger partial charge in [0, 0.05) is 37.1 Å². The Balaban J connectivity index is 1.53. The Bertz CT molecular complexity index is 1030. The summed E-state index contributed by atoms with van der Waals surface area (Å²) in [6.45, 7) is 1.87.